The Balaban J connectivity index is 2.71. The maximum Gasteiger partial charge on any atom is 0.130 e. The summed E-state index contributed by atoms with van der Waals surface area (Å²) < 4.78 is 2.97. The van der Waals surface area contributed by atoms with Gasteiger partial charge in [0.1, 0.15) is 5.78 Å². The Morgan fingerprint density at radius 3 is 2.93 bits per heavy atom. The highest BCUT2D eigenvalue weighted by atomic mass is 79.9. The maximum atomic E-state index is 10.9. The average Bonchev–Trinajstić information content (AvgIpc) is 2.45. The van der Waals surface area contributed by atoms with Crippen LogP contribution in [0.3, 0.4) is 0 Å². The van der Waals surface area contributed by atoms with Crippen molar-refractivity contribution in [2.24, 2.45) is 0 Å². The second-order valence-corrected chi connectivity index (χ2v) is 4.22. The lowest BCUT2D eigenvalue weighted by Crippen LogP contribution is -2.06. The first-order chi connectivity index (χ1) is 6.65. The van der Waals surface area contributed by atoms with E-state index >= 15 is 0 Å². The zero-order valence-electron chi connectivity index (χ0n) is 8.59. The molecule has 0 spiro atoms. The molecule has 78 valence electrons. The van der Waals surface area contributed by atoms with Crippen LogP contribution in [0.2, 0.25) is 0 Å². The molecule has 0 aliphatic heterocycles. The van der Waals surface area contributed by atoms with Crippen LogP contribution in [0.15, 0.2) is 10.7 Å². The van der Waals surface area contributed by atoms with Crippen LogP contribution in [-0.4, -0.2) is 15.6 Å². The molecule has 0 aromatic carbocycles. The van der Waals surface area contributed by atoms with E-state index in [1.54, 1.807) is 13.1 Å². The van der Waals surface area contributed by atoms with E-state index in [0.717, 1.165) is 29.6 Å². The second-order valence-electron chi connectivity index (χ2n) is 3.36. The number of halogens is 1. The molecule has 1 rings (SSSR count). The summed E-state index contributed by atoms with van der Waals surface area (Å²) in [7, 11) is 0. The van der Waals surface area contributed by atoms with Crippen LogP contribution in [0.1, 0.15) is 32.4 Å². The highest BCUT2D eigenvalue weighted by Crippen LogP contribution is 2.18. The van der Waals surface area contributed by atoms with Gasteiger partial charge in [0, 0.05) is 13.0 Å². The molecular weight excluding hydrogens is 244 g/mol. The monoisotopic (exact) mass is 258 g/mol. The molecule has 1 aromatic rings. The third-order valence-corrected chi connectivity index (χ3v) is 2.71. The lowest BCUT2D eigenvalue weighted by molar-refractivity contribution is -0.117. The lowest BCUT2D eigenvalue weighted by Gasteiger charge is -2.05. The highest BCUT2D eigenvalue weighted by molar-refractivity contribution is 9.10. The van der Waals surface area contributed by atoms with Gasteiger partial charge in [-0.05, 0) is 35.7 Å². The van der Waals surface area contributed by atoms with Gasteiger partial charge in [-0.3, -0.25) is 4.68 Å². The van der Waals surface area contributed by atoms with E-state index in [2.05, 4.69) is 28.0 Å². The van der Waals surface area contributed by atoms with Crippen molar-refractivity contribution in [3.05, 3.63) is 16.4 Å². The summed E-state index contributed by atoms with van der Waals surface area (Å²) >= 11 is 3.44. The third kappa shape index (κ3) is 2.94. The van der Waals surface area contributed by atoms with Gasteiger partial charge in [0.25, 0.3) is 0 Å². The molecule has 14 heavy (non-hydrogen) atoms. The van der Waals surface area contributed by atoms with Crippen molar-refractivity contribution in [1.29, 1.82) is 0 Å². The van der Waals surface area contributed by atoms with Gasteiger partial charge in [0.2, 0.25) is 0 Å². The van der Waals surface area contributed by atoms with Gasteiger partial charge in [-0.25, -0.2) is 0 Å². The standard InChI is InChI=1S/C10H15BrN2O/c1-3-6-13-10(5-4-8(2)14)9(11)7-12-13/h7H,3-6H2,1-2H3. The van der Waals surface area contributed by atoms with Crippen molar-refractivity contribution >= 4 is 21.7 Å². The summed E-state index contributed by atoms with van der Waals surface area (Å²) in [5.41, 5.74) is 1.13. The van der Waals surface area contributed by atoms with Crippen LogP contribution >= 0.6 is 15.9 Å². The third-order valence-electron chi connectivity index (χ3n) is 2.05. The molecule has 0 fully saturated rings. The van der Waals surface area contributed by atoms with Crippen LogP contribution in [0.25, 0.3) is 0 Å². The number of hydrogen-bond acceptors (Lipinski definition) is 2. The van der Waals surface area contributed by atoms with E-state index < -0.39 is 0 Å². The molecule has 0 unspecified atom stereocenters. The number of nitrogens with zero attached hydrogens (tertiary/aromatic N) is 2. The number of carbonyl (C=O) groups excluding carboxylic acids is 1. The van der Waals surface area contributed by atoms with Crippen LogP contribution in [0.4, 0.5) is 0 Å². The zero-order chi connectivity index (χ0) is 10.6. The molecule has 4 heteroatoms. The van der Waals surface area contributed by atoms with E-state index in [-0.39, 0.29) is 5.78 Å². The number of carbonyl (C=O) groups is 1. The number of rotatable bonds is 5. The van der Waals surface area contributed by atoms with E-state index in [4.69, 9.17) is 0 Å². The van der Waals surface area contributed by atoms with E-state index in [1.807, 2.05) is 4.68 Å². The summed E-state index contributed by atoms with van der Waals surface area (Å²) in [6.45, 7) is 4.65. The van der Waals surface area contributed by atoms with Gasteiger partial charge in [0.05, 0.1) is 16.4 Å². The number of aromatic nitrogens is 2. The van der Waals surface area contributed by atoms with Gasteiger partial charge in [-0.1, -0.05) is 6.92 Å². The summed E-state index contributed by atoms with van der Waals surface area (Å²) in [5.74, 6) is 0.223. The minimum absolute atomic E-state index is 0.223. The summed E-state index contributed by atoms with van der Waals surface area (Å²) in [6, 6.07) is 0. The molecule has 0 saturated heterocycles. The Morgan fingerprint density at radius 1 is 1.64 bits per heavy atom. The predicted molar refractivity (Wildman–Crippen MR) is 59.2 cm³/mol. The van der Waals surface area contributed by atoms with Crippen LogP contribution in [0, 0.1) is 0 Å². The van der Waals surface area contributed by atoms with Crippen molar-refractivity contribution in [1.82, 2.24) is 9.78 Å². The fourth-order valence-electron chi connectivity index (χ4n) is 1.34. The lowest BCUT2D eigenvalue weighted by atomic mass is 10.2. The van der Waals surface area contributed by atoms with Crippen LogP contribution in [-0.2, 0) is 17.8 Å². The topological polar surface area (TPSA) is 34.9 Å². The Morgan fingerprint density at radius 2 is 2.36 bits per heavy atom. The van der Waals surface area contributed by atoms with Gasteiger partial charge in [-0.15, -0.1) is 0 Å². The summed E-state index contributed by atoms with van der Waals surface area (Å²) in [4.78, 5) is 10.9. The largest absolute Gasteiger partial charge is 0.300 e. The van der Waals surface area contributed by atoms with Crippen molar-refractivity contribution in [3.63, 3.8) is 0 Å². The molecule has 0 radical (unpaired) electrons. The summed E-state index contributed by atoms with van der Waals surface area (Å²) in [5, 5.41) is 4.24. The second kappa shape index (κ2) is 5.29. The molecule has 1 heterocycles. The fourth-order valence-corrected chi connectivity index (χ4v) is 1.83. The minimum atomic E-state index is 0.223. The SMILES string of the molecule is CCCn1ncc(Br)c1CCC(C)=O. The molecule has 0 atom stereocenters. The van der Waals surface area contributed by atoms with Gasteiger partial charge >= 0.3 is 0 Å². The smallest absolute Gasteiger partial charge is 0.130 e. The number of ketones is 1. The first-order valence-electron chi connectivity index (χ1n) is 4.84. The van der Waals surface area contributed by atoms with Crippen molar-refractivity contribution < 1.29 is 4.79 Å². The Labute approximate surface area is 92.6 Å². The van der Waals surface area contributed by atoms with E-state index in [9.17, 15) is 4.79 Å². The van der Waals surface area contributed by atoms with Crippen LogP contribution in [0.5, 0.6) is 0 Å². The molecule has 0 saturated carbocycles. The van der Waals surface area contributed by atoms with Gasteiger partial charge in [-0.2, -0.15) is 5.10 Å². The van der Waals surface area contributed by atoms with Crippen molar-refractivity contribution in [2.75, 3.05) is 0 Å². The first-order valence-corrected chi connectivity index (χ1v) is 5.64. The zero-order valence-corrected chi connectivity index (χ0v) is 10.2. The number of aryl methyl sites for hydroxylation is 1. The minimum Gasteiger partial charge on any atom is -0.300 e. The Bertz CT molecular complexity index is 320. The highest BCUT2D eigenvalue weighted by Gasteiger charge is 2.08. The van der Waals surface area contributed by atoms with Gasteiger partial charge in [0.15, 0.2) is 0 Å². The molecule has 0 bridgehead atoms. The first kappa shape index (κ1) is 11.4. The fraction of sp³-hybridized carbons (Fsp3) is 0.600. The number of hydrogen-bond donors (Lipinski definition) is 0. The molecular formula is C10H15BrN2O. The van der Waals surface area contributed by atoms with E-state index in [1.165, 1.54) is 0 Å². The predicted octanol–water partition coefficient (Wildman–Crippen LogP) is 2.58. The Kier molecular flexibility index (Phi) is 4.32. The number of Topliss-reactive ketones (excluding diaryl/α,β-unsaturated/α-hetero) is 1. The summed E-state index contributed by atoms with van der Waals surface area (Å²) in [6.07, 6.45) is 4.22. The average molecular weight is 259 g/mol. The molecule has 1 aromatic heterocycles. The normalized spacial score (nSPS) is 10.5. The quantitative estimate of drug-likeness (QED) is 0.814. The molecule has 0 N–H and O–H groups in total. The van der Waals surface area contributed by atoms with Crippen molar-refractivity contribution in [3.8, 4) is 0 Å². The van der Waals surface area contributed by atoms with Crippen molar-refractivity contribution in [2.45, 2.75) is 39.7 Å². The molecule has 0 aliphatic rings. The Hall–Kier alpha value is -0.640. The van der Waals surface area contributed by atoms with Gasteiger partial charge < -0.3 is 4.79 Å². The van der Waals surface area contributed by atoms with Crippen LogP contribution < -0.4 is 0 Å². The molecule has 3 nitrogen and oxygen atoms in total. The molecule has 0 amide bonds. The van der Waals surface area contributed by atoms with E-state index in [0.29, 0.717) is 6.42 Å². The molecule has 0 aliphatic carbocycles. The maximum absolute atomic E-state index is 10.9.